The lowest BCUT2D eigenvalue weighted by atomic mass is 9.42. The highest BCUT2D eigenvalue weighted by Crippen LogP contribution is 2.69. The van der Waals surface area contributed by atoms with Crippen LogP contribution in [0.2, 0.25) is 0 Å². The summed E-state index contributed by atoms with van der Waals surface area (Å²) in [6.07, 6.45) is 4.15. The lowest BCUT2D eigenvalue weighted by Gasteiger charge is -2.64. The van der Waals surface area contributed by atoms with E-state index in [1.54, 1.807) is 6.92 Å². The fraction of sp³-hybridized carbons (Fsp3) is 0.828. The highest BCUT2D eigenvalue weighted by atomic mass is 16.7. The molecule has 0 aromatic carbocycles. The molecule has 1 saturated heterocycles. The molecule has 5 fully saturated rings. The largest absolute Gasteiger partial charge is 0.458 e. The van der Waals surface area contributed by atoms with Crippen LogP contribution in [-0.4, -0.2) is 76.3 Å². The van der Waals surface area contributed by atoms with Crippen LogP contribution in [0.5, 0.6) is 0 Å². The number of hydrogen-bond donors (Lipinski definition) is 3. The lowest BCUT2D eigenvalue weighted by Crippen LogP contribution is -2.67. The Hall–Kier alpha value is -1.65. The molecule has 6 aliphatic rings. The first-order chi connectivity index (χ1) is 18.0. The number of esters is 1. The van der Waals surface area contributed by atoms with Crippen LogP contribution in [0.4, 0.5) is 0 Å². The summed E-state index contributed by atoms with van der Waals surface area (Å²) in [6, 6.07) is 0. The standard InChI is InChI=1S/C29H40O9/c1-15-9-22(31)25(34)26(37-15)38-18-5-7-28(14-30)17(11-18)3-4-20-21(28)12-23(32)27(2)19(6-8-29(20,27)35)16-10-24(33)36-13-16/h10,14-15,17-23,26,31-32,35H,3-9,11-13H2,1-2H3/t15-,17+,18+,19-,20-,21+,22-,23-,26-,27+,28-,29+/m1/s1. The van der Waals surface area contributed by atoms with Gasteiger partial charge in [0.25, 0.3) is 0 Å². The maximum Gasteiger partial charge on any atom is 0.331 e. The van der Waals surface area contributed by atoms with E-state index in [2.05, 4.69) is 0 Å². The van der Waals surface area contributed by atoms with Crippen LogP contribution in [0.1, 0.15) is 71.6 Å². The quantitative estimate of drug-likeness (QED) is 0.281. The van der Waals surface area contributed by atoms with Gasteiger partial charge in [-0.25, -0.2) is 4.79 Å². The molecule has 210 valence electrons. The number of aldehydes is 1. The summed E-state index contributed by atoms with van der Waals surface area (Å²) in [5.41, 5.74) is -1.78. The van der Waals surface area contributed by atoms with Crippen LogP contribution in [-0.2, 0) is 28.6 Å². The number of carbonyl (C=O) groups excluding carboxylic acids is 3. The Balaban J connectivity index is 1.23. The molecule has 0 radical (unpaired) electrons. The molecule has 2 aliphatic heterocycles. The predicted octanol–water partition coefficient (Wildman–Crippen LogP) is 1.84. The summed E-state index contributed by atoms with van der Waals surface area (Å²) < 4.78 is 16.9. The normalized spacial score (nSPS) is 52.4. The molecular formula is C29H40O9. The summed E-state index contributed by atoms with van der Waals surface area (Å²) in [4.78, 5) is 37.2. The van der Waals surface area contributed by atoms with Crippen LogP contribution in [0.15, 0.2) is 11.6 Å². The Kier molecular flexibility index (Phi) is 6.43. The van der Waals surface area contributed by atoms with Crippen molar-refractivity contribution in [1.29, 1.82) is 0 Å². The third-order valence-electron chi connectivity index (χ3n) is 11.6. The van der Waals surface area contributed by atoms with Crippen LogP contribution >= 0.6 is 0 Å². The summed E-state index contributed by atoms with van der Waals surface area (Å²) in [5.74, 6) is -1.23. The van der Waals surface area contributed by atoms with E-state index in [-0.39, 0.29) is 54.9 Å². The number of carbonyl (C=O) groups is 3. The van der Waals surface area contributed by atoms with Crippen molar-refractivity contribution < 1.29 is 43.9 Å². The molecule has 38 heavy (non-hydrogen) atoms. The Morgan fingerprint density at radius 1 is 1.05 bits per heavy atom. The van der Waals surface area contributed by atoms with Crippen molar-refractivity contribution in [2.75, 3.05) is 6.61 Å². The topological polar surface area (TPSA) is 140 Å². The van der Waals surface area contributed by atoms with Gasteiger partial charge >= 0.3 is 5.97 Å². The second-order valence-electron chi connectivity index (χ2n) is 13.1. The van der Waals surface area contributed by atoms with Gasteiger partial charge in [0.1, 0.15) is 19.0 Å². The number of Topliss-reactive ketones (excluding diaryl/α,β-unsaturated/α-hetero) is 1. The van der Waals surface area contributed by atoms with Crippen LogP contribution in [0.3, 0.4) is 0 Å². The molecule has 0 spiro atoms. The summed E-state index contributed by atoms with van der Waals surface area (Å²) in [5, 5.41) is 34.1. The van der Waals surface area contributed by atoms with Crippen molar-refractivity contribution in [2.45, 2.75) is 108 Å². The van der Waals surface area contributed by atoms with Gasteiger partial charge in [-0.05, 0) is 87.5 Å². The second-order valence-corrected chi connectivity index (χ2v) is 13.1. The molecule has 6 rings (SSSR count). The zero-order chi connectivity index (χ0) is 27.0. The molecule has 4 aliphatic carbocycles. The van der Waals surface area contributed by atoms with Crippen molar-refractivity contribution >= 4 is 18.0 Å². The zero-order valence-electron chi connectivity index (χ0n) is 22.2. The number of ketones is 1. The molecule has 4 saturated carbocycles. The van der Waals surface area contributed by atoms with Gasteiger partial charge in [0, 0.05) is 23.3 Å². The van der Waals surface area contributed by atoms with Crippen molar-refractivity contribution in [2.24, 2.45) is 34.5 Å². The van der Waals surface area contributed by atoms with Gasteiger partial charge in [0.2, 0.25) is 12.1 Å². The molecule has 9 nitrogen and oxygen atoms in total. The third kappa shape index (κ3) is 3.65. The van der Waals surface area contributed by atoms with E-state index in [0.29, 0.717) is 38.5 Å². The molecule has 12 atom stereocenters. The first kappa shape index (κ1) is 26.6. The van der Waals surface area contributed by atoms with Crippen LogP contribution in [0, 0.1) is 34.5 Å². The maximum absolute atomic E-state index is 12.9. The molecule has 3 N–H and O–H groups in total. The van der Waals surface area contributed by atoms with Crippen LogP contribution in [0.25, 0.3) is 0 Å². The Bertz CT molecular complexity index is 1040. The number of fused-ring (bicyclic) bond motifs is 5. The van der Waals surface area contributed by atoms with Crippen molar-refractivity contribution in [3.8, 4) is 0 Å². The average molecular weight is 533 g/mol. The molecule has 0 aromatic rings. The first-order valence-electron chi connectivity index (χ1n) is 14.3. The third-order valence-corrected chi connectivity index (χ3v) is 11.6. The summed E-state index contributed by atoms with van der Waals surface area (Å²) >= 11 is 0. The van der Waals surface area contributed by atoms with Crippen molar-refractivity contribution in [1.82, 2.24) is 0 Å². The van der Waals surface area contributed by atoms with Crippen molar-refractivity contribution in [3.05, 3.63) is 11.6 Å². The van der Waals surface area contributed by atoms with Crippen LogP contribution < -0.4 is 0 Å². The SMILES string of the molecule is C[C@@H]1C[C@@H](O)C(=O)[C@@H](O[C@H]2CC[C@@]3(C=O)[C@@H](CC[C@@H]4[C@@H]3C[C@@H](O)[C@]3(C)[C@@H](C5=CC(=O)OC5)CC[C@]43O)C2)O1. The van der Waals surface area contributed by atoms with E-state index in [0.717, 1.165) is 24.7 Å². The minimum Gasteiger partial charge on any atom is -0.458 e. The smallest absolute Gasteiger partial charge is 0.331 e. The van der Waals surface area contributed by atoms with Crippen molar-refractivity contribution in [3.63, 3.8) is 0 Å². The molecule has 0 bridgehead atoms. The maximum atomic E-state index is 12.9. The molecular weight excluding hydrogens is 492 g/mol. The van der Waals surface area contributed by atoms with Gasteiger partial charge in [-0.15, -0.1) is 0 Å². The summed E-state index contributed by atoms with van der Waals surface area (Å²) in [6.45, 7) is 3.97. The van der Waals surface area contributed by atoms with Gasteiger partial charge < -0.3 is 34.3 Å². The molecule has 2 heterocycles. The zero-order valence-corrected chi connectivity index (χ0v) is 22.2. The predicted molar refractivity (Wildman–Crippen MR) is 132 cm³/mol. The second kappa shape index (κ2) is 9.20. The van der Waals surface area contributed by atoms with E-state index >= 15 is 0 Å². The fourth-order valence-electron chi connectivity index (χ4n) is 9.60. The number of hydrogen-bond acceptors (Lipinski definition) is 9. The van der Waals surface area contributed by atoms with E-state index in [4.69, 9.17) is 14.2 Å². The van der Waals surface area contributed by atoms with Gasteiger partial charge in [-0.2, -0.15) is 0 Å². The first-order valence-corrected chi connectivity index (χ1v) is 14.3. The van der Waals surface area contributed by atoms with Gasteiger partial charge in [-0.1, -0.05) is 6.92 Å². The fourth-order valence-corrected chi connectivity index (χ4v) is 9.60. The highest BCUT2D eigenvalue weighted by Gasteiger charge is 2.71. The minimum atomic E-state index is -1.14. The van der Waals surface area contributed by atoms with E-state index < -0.39 is 40.7 Å². The highest BCUT2D eigenvalue weighted by molar-refractivity contribution is 5.86. The number of aliphatic hydroxyl groups excluding tert-OH is 2. The molecule has 0 unspecified atom stereocenters. The number of ether oxygens (including phenoxy) is 3. The van der Waals surface area contributed by atoms with E-state index in [9.17, 15) is 29.7 Å². The van der Waals surface area contributed by atoms with Gasteiger partial charge in [0.15, 0.2) is 0 Å². The van der Waals surface area contributed by atoms with E-state index in [1.165, 1.54) is 6.08 Å². The minimum absolute atomic E-state index is 0.0157. The average Bonchev–Trinajstić information content (AvgIpc) is 3.43. The molecule has 9 heteroatoms. The molecule has 0 amide bonds. The van der Waals surface area contributed by atoms with Gasteiger partial charge in [0.05, 0.1) is 23.9 Å². The monoisotopic (exact) mass is 532 g/mol. The number of cyclic esters (lactones) is 1. The summed E-state index contributed by atoms with van der Waals surface area (Å²) in [7, 11) is 0. The number of rotatable bonds is 4. The Morgan fingerprint density at radius 2 is 1.84 bits per heavy atom. The number of aliphatic hydroxyl groups is 3. The molecule has 0 aromatic heterocycles. The Morgan fingerprint density at radius 3 is 2.55 bits per heavy atom. The van der Waals surface area contributed by atoms with Gasteiger partial charge in [-0.3, -0.25) is 4.79 Å². The van der Waals surface area contributed by atoms with E-state index in [1.807, 2.05) is 6.92 Å². The lowest BCUT2D eigenvalue weighted by molar-refractivity contribution is -0.251. The Labute approximate surface area is 222 Å².